The Balaban J connectivity index is 2.20. The number of nitrogens with one attached hydrogen (secondary N) is 1. The first-order chi connectivity index (χ1) is 14.3. The third-order valence-electron chi connectivity index (χ3n) is 4.28. The number of halogens is 1. The molecule has 1 aromatic carbocycles. The minimum Gasteiger partial charge on any atom is -0.488 e. The number of hydrogen-bond donors (Lipinski definition) is 2. The number of rotatable bonds is 9. The fourth-order valence-electron chi connectivity index (χ4n) is 2.73. The molecule has 0 saturated carbocycles. The Labute approximate surface area is 172 Å². The van der Waals surface area contributed by atoms with Crippen molar-refractivity contribution in [3.63, 3.8) is 0 Å². The monoisotopic (exact) mass is 420 g/mol. The number of ether oxygens (including phenoxy) is 2. The molecule has 2 rings (SSSR count). The minimum atomic E-state index is -0.685. The predicted octanol–water partition coefficient (Wildman–Crippen LogP) is 1.45. The van der Waals surface area contributed by atoms with Gasteiger partial charge >= 0.3 is 5.69 Å². The van der Waals surface area contributed by atoms with Crippen LogP contribution >= 0.6 is 0 Å². The summed E-state index contributed by atoms with van der Waals surface area (Å²) in [4.78, 5) is 37.0. The van der Waals surface area contributed by atoms with Crippen molar-refractivity contribution >= 4 is 23.5 Å². The number of nitrogen functional groups attached to an aromatic ring is 1. The van der Waals surface area contributed by atoms with Crippen molar-refractivity contribution in [3.05, 3.63) is 56.5 Å². The summed E-state index contributed by atoms with van der Waals surface area (Å²) >= 11 is 0. The molecule has 0 aliphatic carbocycles. The Morgan fingerprint density at radius 3 is 2.50 bits per heavy atom. The van der Waals surface area contributed by atoms with E-state index in [1.165, 1.54) is 29.9 Å². The quantitative estimate of drug-likeness (QED) is 0.468. The molecule has 0 bridgehead atoms. The number of benzene rings is 1. The van der Waals surface area contributed by atoms with Crippen molar-refractivity contribution in [1.82, 2.24) is 9.13 Å². The summed E-state index contributed by atoms with van der Waals surface area (Å²) in [6.07, 6.45) is 2.51. The lowest BCUT2D eigenvalue weighted by atomic mass is 10.2. The first kappa shape index (κ1) is 22.9. The molecule has 0 saturated heterocycles. The molecule has 1 amide bonds. The Bertz CT molecular complexity index is 1060. The Hall–Kier alpha value is -3.40. The van der Waals surface area contributed by atoms with Crippen LogP contribution in [0.5, 0.6) is 5.75 Å². The molecular formula is C20H25FN4O5. The summed E-state index contributed by atoms with van der Waals surface area (Å²) < 4.78 is 26.3. The molecule has 1 aromatic heterocycles. The van der Waals surface area contributed by atoms with Crippen molar-refractivity contribution in [1.29, 1.82) is 0 Å². The van der Waals surface area contributed by atoms with Gasteiger partial charge in [0.1, 0.15) is 18.1 Å². The van der Waals surface area contributed by atoms with Gasteiger partial charge in [0.2, 0.25) is 5.91 Å². The zero-order chi connectivity index (χ0) is 22.3. The number of carbonyl (C=O) groups is 1. The molecule has 0 spiro atoms. The van der Waals surface area contributed by atoms with Gasteiger partial charge in [0, 0.05) is 26.3 Å². The number of anilines is 2. The molecule has 0 atom stereocenters. The maximum absolute atomic E-state index is 14.1. The van der Waals surface area contributed by atoms with Crippen molar-refractivity contribution in [2.24, 2.45) is 0 Å². The fourth-order valence-corrected chi connectivity index (χ4v) is 2.73. The standard InChI is InChI=1S/C20H25FN4O5/c1-4-24-18(22)17(19(27)25(5-2)20(24)28)23-16(26)9-7-13-6-8-15(14(21)12-13)30-11-10-29-3/h6-9,12H,4-5,10-11,22H2,1-3H3,(H,23,26)/b9-7+. The highest BCUT2D eigenvalue weighted by molar-refractivity contribution is 6.03. The largest absolute Gasteiger partial charge is 0.488 e. The fraction of sp³-hybridized carbons (Fsp3) is 0.350. The van der Waals surface area contributed by atoms with Crippen LogP contribution in [0.3, 0.4) is 0 Å². The molecule has 162 valence electrons. The summed E-state index contributed by atoms with van der Waals surface area (Å²) in [6.45, 7) is 4.25. The lowest BCUT2D eigenvalue weighted by Gasteiger charge is -2.14. The van der Waals surface area contributed by atoms with Crippen LogP contribution < -0.4 is 27.0 Å². The second-order valence-electron chi connectivity index (χ2n) is 6.19. The average molecular weight is 420 g/mol. The van der Waals surface area contributed by atoms with Crippen LogP contribution in [0.4, 0.5) is 15.9 Å². The number of hydrogen-bond acceptors (Lipinski definition) is 6. The zero-order valence-electron chi connectivity index (χ0n) is 17.1. The van der Waals surface area contributed by atoms with Gasteiger partial charge in [-0.2, -0.15) is 0 Å². The van der Waals surface area contributed by atoms with E-state index in [2.05, 4.69) is 5.32 Å². The van der Waals surface area contributed by atoms with E-state index in [9.17, 15) is 18.8 Å². The third kappa shape index (κ3) is 5.15. The molecule has 0 aliphatic heterocycles. The lowest BCUT2D eigenvalue weighted by Crippen LogP contribution is -2.42. The summed E-state index contributed by atoms with van der Waals surface area (Å²) in [7, 11) is 1.51. The Morgan fingerprint density at radius 1 is 1.20 bits per heavy atom. The number of aromatic nitrogens is 2. The second kappa shape index (κ2) is 10.4. The third-order valence-corrected chi connectivity index (χ3v) is 4.28. The van der Waals surface area contributed by atoms with Crippen molar-refractivity contribution < 1.29 is 18.7 Å². The smallest absolute Gasteiger partial charge is 0.332 e. The molecule has 30 heavy (non-hydrogen) atoms. The van der Waals surface area contributed by atoms with Crippen molar-refractivity contribution in [3.8, 4) is 5.75 Å². The summed E-state index contributed by atoms with van der Waals surface area (Å²) in [5.74, 6) is -1.28. The van der Waals surface area contributed by atoms with Gasteiger partial charge < -0.3 is 20.5 Å². The van der Waals surface area contributed by atoms with Crippen LogP contribution in [0.1, 0.15) is 19.4 Å². The van der Waals surface area contributed by atoms with Gasteiger partial charge in [0.15, 0.2) is 11.6 Å². The van der Waals surface area contributed by atoms with Crippen molar-refractivity contribution in [2.45, 2.75) is 26.9 Å². The molecular weight excluding hydrogens is 395 g/mol. The molecule has 0 unspecified atom stereocenters. The van der Waals surface area contributed by atoms with Gasteiger partial charge in [-0.3, -0.25) is 18.7 Å². The zero-order valence-corrected chi connectivity index (χ0v) is 17.1. The number of methoxy groups -OCH3 is 1. The van der Waals surface area contributed by atoms with E-state index in [-0.39, 0.29) is 37.0 Å². The van der Waals surface area contributed by atoms with Crippen LogP contribution in [-0.2, 0) is 22.6 Å². The summed E-state index contributed by atoms with van der Waals surface area (Å²) in [5.41, 5.74) is 4.91. The number of carbonyl (C=O) groups excluding carboxylic acids is 1. The molecule has 0 fully saturated rings. The van der Waals surface area contributed by atoms with E-state index in [0.717, 1.165) is 10.6 Å². The Morgan fingerprint density at radius 2 is 1.90 bits per heavy atom. The topological polar surface area (TPSA) is 118 Å². The minimum absolute atomic E-state index is 0.0726. The number of nitrogens with two attached hydrogens (primary N) is 1. The van der Waals surface area contributed by atoms with E-state index in [0.29, 0.717) is 12.2 Å². The van der Waals surface area contributed by atoms with Crippen LogP contribution in [-0.4, -0.2) is 35.4 Å². The number of nitrogens with zero attached hydrogens (tertiary/aromatic N) is 2. The van der Waals surface area contributed by atoms with Crippen LogP contribution in [0.2, 0.25) is 0 Å². The highest BCUT2D eigenvalue weighted by Crippen LogP contribution is 2.19. The van der Waals surface area contributed by atoms with Gasteiger partial charge in [0.05, 0.1) is 6.61 Å². The summed E-state index contributed by atoms with van der Waals surface area (Å²) in [5, 5.41) is 2.41. The van der Waals surface area contributed by atoms with Gasteiger partial charge in [-0.25, -0.2) is 9.18 Å². The van der Waals surface area contributed by atoms with Gasteiger partial charge in [-0.15, -0.1) is 0 Å². The van der Waals surface area contributed by atoms with Crippen LogP contribution in [0, 0.1) is 5.82 Å². The second-order valence-corrected chi connectivity index (χ2v) is 6.19. The Kier molecular flexibility index (Phi) is 7.93. The molecule has 1 heterocycles. The van der Waals surface area contributed by atoms with E-state index in [1.54, 1.807) is 19.9 Å². The molecule has 2 aromatic rings. The van der Waals surface area contributed by atoms with Gasteiger partial charge in [-0.05, 0) is 37.6 Å². The first-order valence-electron chi connectivity index (χ1n) is 9.37. The summed E-state index contributed by atoms with van der Waals surface area (Å²) in [6, 6.07) is 4.23. The van der Waals surface area contributed by atoms with Crippen molar-refractivity contribution in [2.75, 3.05) is 31.4 Å². The van der Waals surface area contributed by atoms with E-state index in [4.69, 9.17) is 15.2 Å². The highest BCUT2D eigenvalue weighted by atomic mass is 19.1. The predicted molar refractivity (Wildman–Crippen MR) is 112 cm³/mol. The van der Waals surface area contributed by atoms with Crippen LogP contribution in [0.25, 0.3) is 6.08 Å². The van der Waals surface area contributed by atoms with E-state index >= 15 is 0 Å². The lowest BCUT2D eigenvalue weighted by molar-refractivity contribution is -0.111. The normalized spacial score (nSPS) is 11.1. The van der Waals surface area contributed by atoms with E-state index < -0.39 is 23.0 Å². The van der Waals surface area contributed by atoms with E-state index in [1.807, 2.05) is 0 Å². The molecule has 0 radical (unpaired) electrons. The molecule has 9 nitrogen and oxygen atoms in total. The first-order valence-corrected chi connectivity index (χ1v) is 9.37. The number of amides is 1. The molecule has 0 aliphatic rings. The highest BCUT2D eigenvalue weighted by Gasteiger charge is 2.16. The van der Waals surface area contributed by atoms with Gasteiger partial charge in [-0.1, -0.05) is 6.07 Å². The average Bonchev–Trinajstić information content (AvgIpc) is 2.72. The maximum atomic E-state index is 14.1. The maximum Gasteiger partial charge on any atom is 0.332 e. The van der Waals surface area contributed by atoms with Gasteiger partial charge in [0.25, 0.3) is 5.56 Å². The molecule has 3 N–H and O–H groups in total. The molecule has 10 heteroatoms. The van der Waals surface area contributed by atoms with Crippen LogP contribution in [0.15, 0.2) is 33.9 Å². The SMILES string of the molecule is CCn1c(N)c(NC(=O)/C=C/c2ccc(OCCOC)c(F)c2)c(=O)n(CC)c1=O.